The van der Waals surface area contributed by atoms with Crippen LogP contribution in [0.3, 0.4) is 0 Å². The van der Waals surface area contributed by atoms with Crippen LogP contribution in [0.15, 0.2) is 53.4 Å². The molecule has 0 saturated carbocycles. The van der Waals surface area contributed by atoms with Gasteiger partial charge in [-0.05, 0) is 49.7 Å². The summed E-state index contributed by atoms with van der Waals surface area (Å²) >= 11 is 0. The first-order valence-electron chi connectivity index (χ1n) is 11.7. The van der Waals surface area contributed by atoms with Crippen molar-refractivity contribution < 1.29 is 13.2 Å². The van der Waals surface area contributed by atoms with Gasteiger partial charge in [-0.15, -0.1) is 0 Å². The van der Waals surface area contributed by atoms with Crippen LogP contribution in [0.25, 0.3) is 0 Å². The number of carbonyl (C=O) groups is 1. The summed E-state index contributed by atoms with van der Waals surface area (Å²) < 4.78 is 27.1. The number of rotatable bonds is 9. The Morgan fingerprint density at radius 3 is 2.33 bits per heavy atom. The fourth-order valence-electron chi connectivity index (χ4n) is 4.18. The number of anilines is 1. The zero-order valence-corrected chi connectivity index (χ0v) is 20.8. The number of hydrogen-bond donors (Lipinski definition) is 1. The molecular weight excluding hydrogens is 436 g/mol. The summed E-state index contributed by atoms with van der Waals surface area (Å²) in [5.41, 5.74) is 2.69. The minimum Gasteiger partial charge on any atom is -0.325 e. The first kappa shape index (κ1) is 25.4. The van der Waals surface area contributed by atoms with E-state index in [4.69, 9.17) is 0 Å². The highest BCUT2D eigenvalue weighted by atomic mass is 32.2. The molecule has 180 valence electrons. The molecule has 0 aromatic heterocycles. The van der Waals surface area contributed by atoms with E-state index >= 15 is 0 Å². The van der Waals surface area contributed by atoms with E-state index in [1.54, 1.807) is 18.2 Å². The van der Waals surface area contributed by atoms with Crippen LogP contribution in [0, 0.1) is 6.92 Å². The third-order valence-corrected chi connectivity index (χ3v) is 8.17. The molecule has 2 aromatic rings. The van der Waals surface area contributed by atoms with Crippen LogP contribution in [0.5, 0.6) is 0 Å². The fourth-order valence-corrected chi connectivity index (χ4v) is 5.67. The Labute approximate surface area is 198 Å². The van der Waals surface area contributed by atoms with Crippen molar-refractivity contribution in [1.29, 1.82) is 0 Å². The minimum atomic E-state index is -3.57. The number of sulfonamides is 1. The molecule has 0 atom stereocenters. The highest BCUT2D eigenvalue weighted by Crippen LogP contribution is 2.23. The van der Waals surface area contributed by atoms with Crippen LogP contribution in [-0.4, -0.2) is 74.2 Å². The SMILES string of the molecule is CCN(CC)S(=O)(=O)c1ccc(C)c(NC(=O)CN2CCCN(Cc3ccccc3)CC2)c1. The Bertz CT molecular complexity index is 1020. The standard InChI is InChI=1S/C25H36N4O3S/c1-4-29(5-2)33(31,32)23-13-12-21(3)24(18-23)26-25(30)20-28-15-9-14-27(16-17-28)19-22-10-7-6-8-11-22/h6-8,10-13,18H,4-5,9,14-17,19-20H2,1-3H3,(H,26,30). The van der Waals surface area contributed by atoms with E-state index in [0.717, 1.165) is 44.7 Å². The van der Waals surface area contributed by atoms with E-state index in [9.17, 15) is 13.2 Å². The Kier molecular flexibility index (Phi) is 9.02. The third-order valence-electron chi connectivity index (χ3n) is 6.12. The maximum atomic E-state index is 12.9. The van der Waals surface area contributed by atoms with Gasteiger partial charge >= 0.3 is 0 Å². The average molecular weight is 473 g/mol. The summed E-state index contributed by atoms with van der Waals surface area (Å²) in [5.74, 6) is -0.119. The molecule has 0 radical (unpaired) electrons. The summed E-state index contributed by atoms with van der Waals surface area (Å²) in [4.78, 5) is 17.6. The summed E-state index contributed by atoms with van der Waals surface area (Å²) in [6, 6.07) is 15.4. The number of benzene rings is 2. The van der Waals surface area contributed by atoms with Crippen molar-refractivity contribution in [2.24, 2.45) is 0 Å². The highest BCUT2D eigenvalue weighted by molar-refractivity contribution is 7.89. The molecule has 0 aliphatic carbocycles. The Morgan fingerprint density at radius 2 is 1.64 bits per heavy atom. The second kappa shape index (κ2) is 11.7. The van der Waals surface area contributed by atoms with Gasteiger partial charge < -0.3 is 5.32 Å². The van der Waals surface area contributed by atoms with Gasteiger partial charge in [-0.3, -0.25) is 14.6 Å². The molecule has 0 spiro atoms. The zero-order chi connectivity index (χ0) is 23.8. The van der Waals surface area contributed by atoms with Crippen molar-refractivity contribution in [3.05, 3.63) is 59.7 Å². The molecular formula is C25H36N4O3S. The normalized spacial score (nSPS) is 16.0. The van der Waals surface area contributed by atoms with E-state index in [2.05, 4.69) is 39.4 Å². The predicted octanol–water partition coefficient (Wildman–Crippen LogP) is 3.17. The van der Waals surface area contributed by atoms with Crippen LogP contribution in [0.4, 0.5) is 5.69 Å². The van der Waals surface area contributed by atoms with Gasteiger partial charge in [0.15, 0.2) is 0 Å². The van der Waals surface area contributed by atoms with E-state index in [0.29, 0.717) is 25.3 Å². The second-order valence-corrected chi connectivity index (χ2v) is 10.4. The summed E-state index contributed by atoms with van der Waals surface area (Å²) in [6.07, 6.45) is 1.01. The number of hydrogen-bond acceptors (Lipinski definition) is 5. The molecule has 33 heavy (non-hydrogen) atoms. The van der Waals surface area contributed by atoms with Crippen LogP contribution in [0.2, 0.25) is 0 Å². The molecule has 1 saturated heterocycles. The average Bonchev–Trinajstić information content (AvgIpc) is 3.01. The van der Waals surface area contributed by atoms with Gasteiger partial charge in [0.1, 0.15) is 0 Å². The van der Waals surface area contributed by atoms with Gasteiger partial charge in [-0.2, -0.15) is 4.31 Å². The summed E-state index contributed by atoms with van der Waals surface area (Å²) in [7, 11) is -3.57. The van der Waals surface area contributed by atoms with Crippen molar-refractivity contribution in [3.63, 3.8) is 0 Å². The molecule has 0 bridgehead atoms. The largest absolute Gasteiger partial charge is 0.325 e. The number of carbonyl (C=O) groups excluding carboxylic acids is 1. The summed E-state index contributed by atoms with van der Waals surface area (Å²) in [5, 5.41) is 2.94. The second-order valence-electron chi connectivity index (χ2n) is 8.51. The Morgan fingerprint density at radius 1 is 0.970 bits per heavy atom. The molecule has 1 amide bonds. The lowest BCUT2D eigenvalue weighted by molar-refractivity contribution is -0.117. The molecule has 0 unspecified atom stereocenters. The van der Waals surface area contributed by atoms with Gasteiger partial charge in [-0.1, -0.05) is 50.2 Å². The van der Waals surface area contributed by atoms with Gasteiger partial charge in [0.25, 0.3) is 0 Å². The highest BCUT2D eigenvalue weighted by Gasteiger charge is 2.23. The lowest BCUT2D eigenvalue weighted by Crippen LogP contribution is -2.36. The van der Waals surface area contributed by atoms with E-state index < -0.39 is 10.0 Å². The van der Waals surface area contributed by atoms with Crippen LogP contribution < -0.4 is 5.32 Å². The maximum Gasteiger partial charge on any atom is 0.243 e. The lowest BCUT2D eigenvalue weighted by Gasteiger charge is -2.22. The molecule has 8 heteroatoms. The number of nitrogens with one attached hydrogen (secondary N) is 1. The summed E-state index contributed by atoms with van der Waals surface area (Å²) in [6.45, 7) is 11.2. The van der Waals surface area contributed by atoms with E-state index in [1.807, 2.05) is 26.8 Å². The first-order chi connectivity index (χ1) is 15.8. The minimum absolute atomic E-state index is 0.119. The molecule has 1 heterocycles. The quantitative estimate of drug-likeness (QED) is 0.607. The van der Waals surface area contributed by atoms with Crippen molar-refractivity contribution in [3.8, 4) is 0 Å². The van der Waals surface area contributed by atoms with Crippen LogP contribution in [-0.2, 0) is 21.4 Å². The first-order valence-corrected chi connectivity index (χ1v) is 13.2. The van der Waals surface area contributed by atoms with Gasteiger partial charge in [0.2, 0.25) is 15.9 Å². The van der Waals surface area contributed by atoms with Crippen LogP contribution >= 0.6 is 0 Å². The zero-order valence-electron chi connectivity index (χ0n) is 20.0. The Hall–Kier alpha value is -2.26. The monoisotopic (exact) mass is 472 g/mol. The fraction of sp³-hybridized carbons (Fsp3) is 0.480. The number of amides is 1. The molecule has 2 aromatic carbocycles. The Balaban J connectivity index is 1.59. The van der Waals surface area contributed by atoms with E-state index in [1.165, 1.54) is 9.87 Å². The molecule has 1 N–H and O–H groups in total. The van der Waals surface area contributed by atoms with Gasteiger partial charge in [-0.25, -0.2) is 8.42 Å². The van der Waals surface area contributed by atoms with E-state index in [-0.39, 0.29) is 10.8 Å². The lowest BCUT2D eigenvalue weighted by atomic mass is 10.2. The van der Waals surface area contributed by atoms with Gasteiger partial charge in [0, 0.05) is 38.4 Å². The van der Waals surface area contributed by atoms with Crippen molar-refractivity contribution >= 4 is 21.6 Å². The molecule has 1 aliphatic heterocycles. The maximum absolute atomic E-state index is 12.9. The topological polar surface area (TPSA) is 73.0 Å². The molecule has 7 nitrogen and oxygen atoms in total. The van der Waals surface area contributed by atoms with Crippen molar-refractivity contribution in [2.45, 2.75) is 38.6 Å². The number of nitrogens with zero attached hydrogens (tertiary/aromatic N) is 3. The molecule has 1 aliphatic rings. The molecule has 3 rings (SSSR count). The predicted molar refractivity (Wildman–Crippen MR) is 133 cm³/mol. The molecule has 1 fully saturated rings. The third kappa shape index (κ3) is 6.86. The van der Waals surface area contributed by atoms with Crippen molar-refractivity contribution in [1.82, 2.24) is 14.1 Å². The number of aryl methyl sites for hydroxylation is 1. The van der Waals surface area contributed by atoms with Gasteiger partial charge in [0.05, 0.1) is 11.4 Å². The van der Waals surface area contributed by atoms with Crippen molar-refractivity contribution in [2.75, 3.05) is 51.1 Å². The smallest absolute Gasteiger partial charge is 0.243 e. The van der Waals surface area contributed by atoms with Crippen LogP contribution in [0.1, 0.15) is 31.4 Å².